The van der Waals surface area contributed by atoms with Gasteiger partial charge in [-0.25, -0.2) is 9.59 Å². The Kier molecular flexibility index (Phi) is 8.07. The van der Waals surface area contributed by atoms with Crippen LogP contribution in [-0.2, 0) is 14.3 Å². The first-order valence-corrected chi connectivity index (χ1v) is 7.50. The molecule has 21 heavy (non-hydrogen) atoms. The van der Waals surface area contributed by atoms with Crippen molar-refractivity contribution in [3.63, 3.8) is 0 Å². The van der Waals surface area contributed by atoms with Crippen LogP contribution >= 0.6 is 0 Å². The maximum absolute atomic E-state index is 11.9. The number of carbonyl (C=O) groups is 2. The number of nitrogens with zero attached hydrogens (tertiary/aromatic N) is 1. The molecule has 0 radical (unpaired) electrons. The fourth-order valence-electron chi connectivity index (χ4n) is 2.14. The van der Waals surface area contributed by atoms with E-state index in [4.69, 9.17) is 9.47 Å². The summed E-state index contributed by atoms with van der Waals surface area (Å²) in [6.45, 7) is 8.47. The molecule has 0 spiro atoms. The van der Waals surface area contributed by atoms with Crippen molar-refractivity contribution in [2.45, 2.75) is 26.3 Å². The Morgan fingerprint density at radius 1 is 1.33 bits per heavy atom. The molecule has 1 unspecified atom stereocenters. The van der Waals surface area contributed by atoms with Crippen molar-refractivity contribution in [1.82, 2.24) is 15.5 Å². The number of urea groups is 1. The summed E-state index contributed by atoms with van der Waals surface area (Å²) in [5.41, 5.74) is 0. The molecule has 0 aromatic rings. The fourth-order valence-corrected chi connectivity index (χ4v) is 2.14. The van der Waals surface area contributed by atoms with Gasteiger partial charge in [0, 0.05) is 26.2 Å². The van der Waals surface area contributed by atoms with E-state index in [1.54, 1.807) is 0 Å². The fraction of sp³-hybridized carbons (Fsp3) is 0.857. The molecule has 1 aliphatic rings. The number of carbonyl (C=O) groups excluding carboxylic acids is 2. The zero-order valence-corrected chi connectivity index (χ0v) is 13.2. The van der Waals surface area contributed by atoms with E-state index in [9.17, 15) is 9.59 Å². The van der Waals surface area contributed by atoms with E-state index in [1.807, 2.05) is 13.8 Å². The van der Waals surface area contributed by atoms with Gasteiger partial charge in [-0.15, -0.1) is 0 Å². The second kappa shape index (κ2) is 9.57. The number of ether oxygens (including phenoxy) is 2. The Morgan fingerprint density at radius 3 is 2.57 bits per heavy atom. The standard InChI is InChI=1S/C14H27N3O4/c1-4-11(2)12(13(18)20-3)16-14(19)15-5-6-17-7-9-21-10-8-17/h11-12H,4-10H2,1-3H3,(H2,15,16,19)/t11?,12-/m0/s1. The lowest BCUT2D eigenvalue weighted by atomic mass is 9.99. The Bertz CT molecular complexity index is 332. The third kappa shape index (κ3) is 6.31. The molecule has 0 bridgehead atoms. The Morgan fingerprint density at radius 2 is 2.00 bits per heavy atom. The van der Waals surface area contributed by atoms with Crippen molar-refractivity contribution in [1.29, 1.82) is 0 Å². The maximum Gasteiger partial charge on any atom is 0.328 e. The molecule has 0 aliphatic carbocycles. The van der Waals surface area contributed by atoms with Gasteiger partial charge in [-0.05, 0) is 5.92 Å². The number of hydrogen-bond acceptors (Lipinski definition) is 5. The van der Waals surface area contributed by atoms with Gasteiger partial charge in [0.05, 0.1) is 20.3 Å². The molecular weight excluding hydrogens is 274 g/mol. The van der Waals surface area contributed by atoms with Gasteiger partial charge in [-0.3, -0.25) is 4.90 Å². The summed E-state index contributed by atoms with van der Waals surface area (Å²) in [7, 11) is 1.33. The van der Waals surface area contributed by atoms with Crippen LogP contribution in [0.15, 0.2) is 0 Å². The minimum absolute atomic E-state index is 0.0300. The van der Waals surface area contributed by atoms with Crippen LogP contribution in [0, 0.1) is 5.92 Å². The normalized spacial score (nSPS) is 18.6. The largest absolute Gasteiger partial charge is 0.467 e. The lowest BCUT2D eigenvalue weighted by Gasteiger charge is -2.27. The van der Waals surface area contributed by atoms with Crippen LogP contribution in [0.4, 0.5) is 4.79 Å². The van der Waals surface area contributed by atoms with Crippen molar-refractivity contribution in [2.75, 3.05) is 46.5 Å². The summed E-state index contributed by atoms with van der Waals surface area (Å²) in [6.07, 6.45) is 0.786. The van der Waals surface area contributed by atoms with Gasteiger partial charge in [-0.2, -0.15) is 0 Å². The molecule has 2 amide bonds. The van der Waals surface area contributed by atoms with Gasteiger partial charge in [0.2, 0.25) is 0 Å². The third-order valence-corrected chi connectivity index (χ3v) is 3.77. The number of esters is 1. The molecule has 122 valence electrons. The summed E-state index contributed by atoms with van der Waals surface area (Å²) in [6, 6.07) is -0.942. The number of morpholine rings is 1. The zero-order chi connectivity index (χ0) is 15.7. The summed E-state index contributed by atoms with van der Waals surface area (Å²) in [4.78, 5) is 25.8. The van der Waals surface area contributed by atoms with Crippen LogP contribution in [0.5, 0.6) is 0 Å². The predicted molar refractivity (Wildman–Crippen MR) is 79.1 cm³/mol. The van der Waals surface area contributed by atoms with Crippen LogP contribution in [0.25, 0.3) is 0 Å². The van der Waals surface area contributed by atoms with Crippen LogP contribution < -0.4 is 10.6 Å². The molecule has 1 aliphatic heterocycles. The first kappa shape index (κ1) is 17.7. The van der Waals surface area contributed by atoms with Gasteiger partial charge in [0.15, 0.2) is 0 Å². The smallest absolute Gasteiger partial charge is 0.328 e. The second-order valence-corrected chi connectivity index (χ2v) is 5.24. The van der Waals surface area contributed by atoms with Crippen LogP contribution in [0.2, 0.25) is 0 Å². The molecule has 0 saturated carbocycles. The summed E-state index contributed by atoms with van der Waals surface area (Å²) >= 11 is 0. The summed E-state index contributed by atoms with van der Waals surface area (Å²) in [5, 5.41) is 5.47. The topological polar surface area (TPSA) is 79.9 Å². The minimum atomic E-state index is -0.608. The van der Waals surface area contributed by atoms with Gasteiger partial charge < -0.3 is 20.1 Å². The summed E-state index contributed by atoms with van der Waals surface area (Å²) in [5.74, 6) is -0.380. The van der Waals surface area contributed by atoms with Crippen LogP contribution in [0.3, 0.4) is 0 Å². The van der Waals surface area contributed by atoms with Crippen molar-refractivity contribution < 1.29 is 19.1 Å². The maximum atomic E-state index is 11.9. The number of amides is 2. The van der Waals surface area contributed by atoms with E-state index in [-0.39, 0.29) is 11.9 Å². The average molecular weight is 301 g/mol. The van der Waals surface area contributed by atoms with Crippen LogP contribution in [0.1, 0.15) is 20.3 Å². The molecule has 0 aromatic carbocycles. The van der Waals surface area contributed by atoms with Crippen molar-refractivity contribution in [2.24, 2.45) is 5.92 Å². The highest BCUT2D eigenvalue weighted by molar-refractivity contribution is 5.83. The van der Waals surface area contributed by atoms with Crippen molar-refractivity contribution in [3.05, 3.63) is 0 Å². The molecular formula is C14H27N3O4. The average Bonchev–Trinajstić information content (AvgIpc) is 2.52. The molecule has 1 heterocycles. The molecule has 1 fully saturated rings. The predicted octanol–water partition coefficient (Wildman–Crippen LogP) is 0.206. The Labute approximate surface area is 126 Å². The second-order valence-electron chi connectivity index (χ2n) is 5.24. The zero-order valence-electron chi connectivity index (χ0n) is 13.2. The lowest BCUT2D eigenvalue weighted by Crippen LogP contribution is -2.51. The van der Waals surface area contributed by atoms with Crippen molar-refractivity contribution >= 4 is 12.0 Å². The lowest BCUT2D eigenvalue weighted by molar-refractivity contribution is -0.144. The molecule has 1 saturated heterocycles. The first-order chi connectivity index (χ1) is 10.1. The number of nitrogens with one attached hydrogen (secondary N) is 2. The van der Waals surface area contributed by atoms with E-state index in [1.165, 1.54) is 7.11 Å². The molecule has 0 aromatic heterocycles. The Balaban J connectivity index is 2.30. The molecule has 7 nitrogen and oxygen atoms in total. The van der Waals surface area contributed by atoms with Crippen LogP contribution in [-0.4, -0.2) is 69.4 Å². The van der Waals surface area contributed by atoms with Gasteiger partial charge in [0.1, 0.15) is 6.04 Å². The highest BCUT2D eigenvalue weighted by atomic mass is 16.5. The van der Waals surface area contributed by atoms with Gasteiger partial charge >= 0.3 is 12.0 Å². The first-order valence-electron chi connectivity index (χ1n) is 7.50. The van der Waals surface area contributed by atoms with Gasteiger partial charge in [0.25, 0.3) is 0 Å². The van der Waals surface area contributed by atoms with E-state index < -0.39 is 12.0 Å². The highest BCUT2D eigenvalue weighted by Gasteiger charge is 2.26. The third-order valence-electron chi connectivity index (χ3n) is 3.77. The Hall–Kier alpha value is -1.34. The minimum Gasteiger partial charge on any atom is -0.467 e. The quantitative estimate of drug-likeness (QED) is 0.657. The molecule has 2 N–H and O–H groups in total. The van der Waals surface area contributed by atoms with E-state index in [2.05, 4.69) is 15.5 Å². The number of hydrogen-bond donors (Lipinski definition) is 2. The number of methoxy groups -OCH3 is 1. The monoisotopic (exact) mass is 301 g/mol. The highest BCUT2D eigenvalue weighted by Crippen LogP contribution is 2.08. The van der Waals surface area contributed by atoms with E-state index in [0.29, 0.717) is 6.54 Å². The molecule has 1 rings (SSSR count). The van der Waals surface area contributed by atoms with E-state index >= 15 is 0 Å². The summed E-state index contributed by atoms with van der Waals surface area (Å²) < 4.78 is 10.00. The van der Waals surface area contributed by atoms with E-state index in [0.717, 1.165) is 39.3 Å². The van der Waals surface area contributed by atoms with Crippen molar-refractivity contribution in [3.8, 4) is 0 Å². The molecule has 7 heteroatoms. The van der Waals surface area contributed by atoms with Gasteiger partial charge in [-0.1, -0.05) is 20.3 Å². The molecule has 2 atom stereocenters. The SMILES string of the molecule is CCC(C)[C@H](NC(=O)NCCN1CCOCC1)C(=O)OC. The number of rotatable bonds is 7.